The fourth-order valence-electron chi connectivity index (χ4n) is 0.358. The predicted molar refractivity (Wildman–Crippen MR) is 25.2 cm³/mol. The number of rotatable bonds is 1. The first kappa shape index (κ1) is 7.55. The van der Waals surface area contributed by atoms with Crippen LogP contribution in [0.5, 0.6) is 0 Å². The van der Waals surface area contributed by atoms with Crippen molar-refractivity contribution in [3.8, 4) is 0 Å². The zero-order valence-corrected chi connectivity index (χ0v) is 4.63. The van der Waals surface area contributed by atoms with Crippen LogP contribution < -0.4 is 18.9 Å². The normalized spacial score (nSPS) is 7.50. The van der Waals surface area contributed by atoms with E-state index < -0.39 is 0 Å². The van der Waals surface area contributed by atoms with Gasteiger partial charge < -0.3 is 5.84 Å². The van der Waals surface area contributed by atoms with Gasteiger partial charge in [0.05, 0.1) is 6.26 Å². The average molecular weight is 104 g/mol. The molecule has 1 aromatic heterocycles. The van der Waals surface area contributed by atoms with Crippen LogP contribution in [0.15, 0.2) is 22.8 Å². The summed E-state index contributed by atoms with van der Waals surface area (Å²) in [5, 5.41) is 0. The number of carbonyl (C=O) groups excluding carboxylic acids is 1. The molecule has 0 aliphatic carbocycles. The van der Waals surface area contributed by atoms with Gasteiger partial charge in [-0.3, -0.25) is 4.79 Å². The molecule has 0 aromatic carbocycles. The minimum Gasteiger partial charge on any atom is -1.00 e. The van der Waals surface area contributed by atoms with Crippen LogP contribution in [0.3, 0.4) is 0 Å². The number of furan rings is 1. The van der Waals surface area contributed by atoms with Gasteiger partial charge in [0.1, 0.15) is 0 Å². The topological polar surface area (TPSA) is 30.2 Å². The molecule has 1 aromatic rings. The molecule has 38 valence electrons. The third kappa shape index (κ3) is 1.57. The second kappa shape index (κ2) is 3.54. The van der Waals surface area contributed by atoms with E-state index in [1.807, 2.05) is 0 Å². The summed E-state index contributed by atoms with van der Waals surface area (Å²) in [4.78, 5) is 9.77. The van der Waals surface area contributed by atoms with Crippen LogP contribution in [-0.4, -0.2) is 6.29 Å². The Morgan fingerprint density at radius 1 is 1.75 bits per heavy atom. The van der Waals surface area contributed by atoms with E-state index >= 15 is 0 Å². The van der Waals surface area contributed by atoms with Gasteiger partial charge in [0.15, 0.2) is 12.0 Å². The standard InChI is InChI=1S/C5H4O2.Li.H/c6-4-5-2-1-3-7-5;;/h1-4H;;/q;+1;-1. The smallest absolute Gasteiger partial charge is 1.00 e. The minimum atomic E-state index is 0. The summed E-state index contributed by atoms with van der Waals surface area (Å²) < 4.78 is 4.61. The van der Waals surface area contributed by atoms with Gasteiger partial charge in [0.2, 0.25) is 0 Å². The maximum absolute atomic E-state index is 9.77. The second-order valence-electron chi connectivity index (χ2n) is 1.13. The first-order valence-corrected chi connectivity index (χ1v) is 1.92. The SMILES string of the molecule is O=Cc1ccco1.[H-].[Li+]. The van der Waals surface area contributed by atoms with Crippen LogP contribution in [-0.2, 0) is 0 Å². The molecule has 0 unspecified atom stereocenters. The maximum Gasteiger partial charge on any atom is 1.00 e. The molecule has 1 rings (SSSR count). The monoisotopic (exact) mass is 104 g/mol. The molecular weight excluding hydrogens is 99.0 g/mol. The Kier molecular flexibility index (Phi) is 3.34. The molecule has 0 spiro atoms. The van der Waals surface area contributed by atoms with Crippen molar-refractivity contribution in [2.75, 3.05) is 0 Å². The van der Waals surface area contributed by atoms with E-state index in [2.05, 4.69) is 4.42 Å². The molecule has 2 nitrogen and oxygen atoms in total. The molecule has 1 heterocycles. The van der Waals surface area contributed by atoms with Gasteiger partial charge in [-0.2, -0.15) is 0 Å². The Bertz CT molecular complexity index is 150. The second-order valence-corrected chi connectivity index (χ2v) is 1.13. The molecule has 0 fully saturated rings. The summed E-state index contributed by atoms with van der Waals surface area (Å²) in [6.07, 6.45) is 2.13. The van der Waals surface area contributed by atoms with Crippen LogP contribution in [0.1, 0.15) is 12.0 Å². The predicted octanol–water partition coefficient (Wildman–Crippen LogP) is -1.79. The zero-order chi connectivity index (χ0) is 5.11. The molecule has 0 saturated heterocycles. The first-order chi connectivity index (χ1) is 3.43. The molecule has 0 bridgehead atoms. The van der Waals surface area contributed by atoms with Gasteiger partial charge in [0.25, 0.3) is 0 Å². The number of hydrogen-bond donors (Lipinski definition) is 0. The van der Waals surface area contributed by atoms with Gasteiger partial charge >= 0.3 is 18.9 Å². The van der Waals surface area contributed by atoms with Gasteiger partial charge in [-0.05, 0) is 12.1 Å². The zero-order valence-electron chi connectivity index (χ0n) is 5.63. The Balaban J connectivity index is 0. The molecule has 0 amide bonds. The van der Waals surface area contributed by atoms with Crippen LogP contribution in [0, 0.1) is 0 Å². The molecule has 0 saturated carbocycles. The van der Waals surface area contributed by atoms with Crippen molar-refractivity contribution in [3.63, 3.8) is 0 Å². The Labute approximate surface area is 60.5 Å². The van der Waals surface area contributed by atoms with Crippen molar-refractivity contribution in [1.82, 2.24) is 0 Å². The summed E-state index contributed by atoms with van der Waals surface area (Å²) in [7, 11) is 0. The fraction of sp³-hybridized carbons (Fsp3) is 0. The van der Waals surface area contributed by atoms with E-state index in [0.717, 1.165) is 0 Å². The summed E-state index contributed by atoms with van der Waals surface area (Å²) in [6.45, 7) is 0. The Morgan fingerprint density at radius 2 is 2.50 bits per heavy atom. The first-order valence-electron chi connectivity index (χ1n) is 1.92. The van der Waals surface area contributed by atoms with Crippen LogP contribution in [0.4, 0.5) is 0 Å². The molecule has 0 atom stereocenters. The third-order valence-corrected chi connectivity index (χ3v) is 0.659. The average Bonchev–Trinajstić information content (AvgIpc) is 2.14. The van der Waals surface area contributed by atoms with Crippen molar-refractivity contribution in [2.45, 2.75) is 0 Å². The fourth-order valence-corrected chi connectivity index (χ4v) is 0.358. The summed E-state index contributed by atoms with van der Waals surface area (Å²) in [6, 6.07) is 3.27. The van der Waals surface area contributed by atoms with Crippen LogP contribution in [0.2, 0.25) is 0 Å². The van der Waals surface area contributed by atoms with E-state index in [1.165, 1.54) is 6.26 Å². The maximum atomic E-state index is 9.77. The molecule has 3 heteroatoms. The van der Waals surface area contributed by atoms with Crippen molar-refractivity contribution < 1.29 is 29.5 Å². The third-order valence-electron chi connectivity index (χ3n) is 0.659. The van der Waals surface area contributed by atoms with E-state index in [0.29, 0.717) is 12.0 Å². The minimum absolute atomic E-state index is 0. The van der Waals surface area contributed by atoms with Gasteiger partial charge in [-0.25, -0.2) is 0 Å². The molecule has 0 radical (unpaired) electrons. The van der Waals surface area contributed by atoms with Crippen LogP contribution >= 0.6 is 0 Å². The summed E-state index contributed by atoms with van der Waals surface area (Å²) in [5.74, 6) is 0.375. The molecular formula is C5H5LiO2. The molecule has 0 aliphatic heterocycles. The van der Waals surface area contributed by atoms with Crippen molar-refractivity contribution in [2.24, 2.45) is 0 Å². The molecule has 8 heavy (non-hydrogen) atoms. The summed E-state index contributed by atoms with van der Waals surface area (Å²) >= 11 is 0. The van der Waals surface area contributed by atoms with Crippen molar-refractivity contribution >= 4 is 6.29 Å². The van der Waals surface area contributed by atoms with E-state index in [-0.39, 0.29) is 20.3 Å². The Morgan fingerprint density at radius 3 is 2.75 bits per heavy atom. The van der Waals surface area contributed by atoms with Gasteiger partial charge in [0, 0.05) is 0 Å². The largest absolute Gasteiger partial charge is 1.00 e. The van der Waals surface area contributed by atoms with E-state index in [9.17, 15) is 4.79 Å². The Hall–Kier alpha value is -0.453. The van der Waals surface area contributed by atoms with E-state index in [4.69, 9.17) is 0 Å². The van der Waals surface area contributed by atoms with Crippen molar-refractivity contribution in [3.05, 3.63) is 24.2 Å². The summed E-state index contributed by atoms with van der Waals surface area (Å²) in [5.41, 5.74) is 0. The molecule has 0 N–H and O–H groups in total. The van der Waals surface area contributed by atoms with Crippen LogP contribution in [0.25, 0.3) is 0 Å². The number of hydrogen-bond acceptors (Lipinski definition) is 2. The van der Waals surface area contributed by atoms with Gasteiger partial charge in [-0.15, -0.1) is 0 Å². The van der Waals surface area contributed by atoms with Gasteiger partial charge in [-0.1, -0.05) is 0 Å². The number of carbonyl (C=O) groups is 1. The molecule has 0 aliphatic rings. The quantitative estimate of drug-likeness (QED) is 0.311. The van der Waals surface area contributed by atoms with E-state index in [1.54, 1.807) is 12.1 Å². The van der Waals surface area contributed by atoms with Crippen molar-refractivity contribution in [1.29, 1.82) is 0 Å². The number of aldehydes is 1.